The highest BCUT2D eigenvalue weighted by atomic mass is 16.5. The van der Waals surface area contributed by atoms with Crippen LogP contribution in [0.25, 0.3) is 5.57 Å². The minimum Gasteiger partial charge on any atom is -0.370 e. The summed E-state index contributed by atoms with van der Waals surface area (Å²) in [5.41, 5.74) is 4.87. The zero-order valence-corrected chi connectivity index (χ0v) is 22.2. The molecule has 1 aliphatic carbocycles. The molecule has 192 valence electrons. The minimum absolute atomic E-state index is 0.251. The molecular weight excluding hydrogens is 448 g/mol. The highest BCUT2D eigenvalue weighted by Gasteiger charge is 2.27. The zero-order valence-electron chi connectivity index (χ0n) is 22.2. The maximum atomic E-state index is 13.0. The third-order valence-electron chi connectivity index (χ3n) is 7.66. The van der Waals surface area contributed by atoms with Crippen LogP contribution < -0.4 is 5.32 Å². The Hall–Kier alpha value is -2.88. The Kier molecular flexibility index (Phi) is 8.02. The average molecular weight is 489 g/mol. The van der Waals surface area contributed by atoms with E-state index in [1.165, 1.54) is 37.9 Å². The van der Waals surface area contributed by atoms with Crippen molar-refractivity contribution in [3.63, 3.8) is 0 Å². The van der Waals surface area contributed by atoms with E-state index in [0.29, 0.717) is 23.3 Å². The van der Waals surface area contributed by atoms with E-state index in [1.54, 1.807) is 12.3 Å². The molecule has 1 saturated heterocycles. The summed E-state index contributed by atoms with van der Waals surface area (Å²) in [6.45, 7) is 12.9. The van der Waals surface area contributed by atoms with Crippen molar-refractivity contribution >= 4 is 17.2 Å². The number of benzene rings is 1. The summed E-state index contributed by atoms with van der Waals surface area (Å²) in [5.74, 6) is -0.251. The molecule has 1 fully saturated rings. The number of rotatable bonds is 8. The molecule has 1 amide bonds. The number of nitrogens with zero attached hydrogens (tertiary/aromatic N) is 2. The van der Waals surface area contributed by atoms with Crippen LogP contribution in [0.1, 0.15) is 93.4 Å². The maximum Gasteiger partial charge on any atom is 0.272 e. The van der Waals surface area contributed by atoms with Crippen molar-refractivity contribution < 1.29 is 9.53 Å². The highest BCUT2D eigenvalue weighted by Crippen LogP contribution is 2.41. The number of carbonyl (C=O) groups is 1. The van der Waals surface area contributed by atoms with Gasteiger partial charge in [0.15, 0.2) is 0 Å². The number of ether oxygens (including phenoxy) is 1. The van der Waals surface area contributed by atoms with Crippen molar-refractivity contribution in [2.45, 2.75) is 71.8 Å². The third-order valence-corrected chi connectivity index (χ3v) is 7.66. The number of likely N-dealkylation sites (tertiary alicyclic amines) is 1. The van der Waals surface area contributed by atoms with E-state index in [9.17, 15) is 4.79 Å². The molecule has 4 rings (SSSR count). The van der Waals surface area contributed by atoms with Crippen LogP contribution in [-0.2, 0) is 10.3 Å². The van der Waals surface area contributed by atoms with Crippen LogP contribution in [0.5, 0.6) is 0 Å². The number of nitriles is 1. The second-order valence-corrected chi connectivity index (χ2v) is 11.5. The first kappa shape index (κ1) is 26.2. The molecule has 2 heterocycles. The summed E-state index contributed by atoms with van der Waals surface area (Å²) < 4.78 is 6.42. The van der Waals surface area contributed by atoms with Crippen LogP contribution in [0.15, 0.2) is 36.5 Å². The van der Waals surface area contributed by atoms with E-state index in [1.807, 2.05) is 6.07 Å². The summed E-state index contributed by atoms with van der Waals surface area (Å²) in [6, 6.07) is 9.88. The molecule has 0 saturated carbocycles. The predicted molar refractivity (Wildman–Crippen MR) is 145 cm³/mol. The third kappa shape index (κ3) is 6.46. The Morgan fingerprint density at radius 1 is 1.22 bits per heavy atom. The van der Waals surface area contributed by atoms with Crippen molar-refractivity contribution in [3.8, 4) is 6.07 Å². The standard InChI is InChI=1S/C30H40N4O2/c1-29(2)12-10-23(11-13-29)25-19-24(30(3,4)36-17-16-34-14-6-5-7-15-34)8-9-26(25)33-28(35)27-18-22(20-31)21-32-27/h8-10,18-19,21,32H,5-7,11-17H2,1-4H3,(H,33,35). The van der Waals surface area contributed by atoms with E-state index < -0.39 is 5.60 Å². The SMILES string of the molecule is CC1(C)CC=C(c2cc(C(C)(C)OCCN3CCCCC3)ccc2NC(=O)c2cc(C#N)c[nH]2)CC1. The predicted octanol–water partition coefficient (Wildman–Crippen LogP) is 6.47. The van der Waals surface area contributed by atoms with Crippen molar-refractivity contribution in [2.75, 3.05) is 31.6 Å². The lowest BCUT2D eigenvalue weighted by Crippen LogP contribution is -2.34. The lowest BCUT2D eigenvalue weighted by Gasteiger charge is -2.32. The number of aromatic amines is 1. The second kappa shape index (κ2) is 11.0. The fourth-order valence-electron chi connectivity index (χ4n) is 5.09. The molecule has 0 spiro atoms. The van der Waals surface area contributed by atoms with Crippen LogP contribution in [0.3, 0.4) is 0 Å². The van der Waals surface area contributed by atoms with Crippen molar-refractivity contribution in [1.29, 1.82) is 5.26 Å². The van der Waals surface area contributed by atoms with Gasteiger partial charge in [-0.1, -0.05) is 32.4 Å². The number of H-pyrrole nitrogens is 1. The molecule has 0 atom stereocenters. The summed E-state index contributed by atoms with van der Waals surface area (Å²) in [6.07, 6.45) is 10.9. The van der Waals surface area contributed by atoms with Gasteiger partial charge in [0.05, 0.1) is 17.8 Å². The molecule has 2 aliphatic rings. The van der Waals surface area contributed by atoms with Gasteiger partial charge in [0.2, 0.25) is 0 Å². The monoisotopic (exact) mass is 488 g/mol. The van der Waals surface area contributed by atoms with Crippen LogP contribution >= 0.6 is 0 Å². The quantitative estimate of drug-likeness (QED) is 0.446. The summed E-state index contributed by atoms with van der Waals surface area (Å²) >= 11 is 0. The van der Waals surface area contributed by atoms with Gasteiger partial charge in [-0.15, -0.1) is 0 Å². The number of carbonyl (C=O) groups excluding carboxylic acids is 1. The van der Waals surface area contributed by atoms with Gasteiger partial charge in [0, 0.05) is 24.0 Å². The van der Waals surface area contributed by atoms with Gasteiger partial charge in [-0.2, -0.15) is 5.26 Å². The Balaban J connectivity index is 1.55. The van der Waals surface area contributed by atoms with Crippen LogP contribution in [0, 0.1) is 16.7 Å². The second-order valence-electron chi connectivity index (χ2n) is 11.5. The Labute approximate surface area is 215 Å². The Morgan fingerprint density at radius 2 is 2.00 bits per heavy atom. The molecule has 2 aromatic rings. The molecule has 1 aliphatic heterocycles. The van der Waals surface area contributed by atoms with Gasteiger partial charge >= 0.3 is 0 Å². The first-order valence-corrected chi connectivity index (χ1v) is 13.3. The normalized spacial score (nSPS) is 18.4. The van der Waals surface area contributed by atoms with Crippen molar-refractivity contribution in [2.24, 2.45) is 5.41 Å². The average Bonchev–Trinajstić information content (AvgIpc) is 3.35. The smallest absolute Gasteiger partial charge is 0.272 e. The van der Waals surface area contributed by atoms with Gasteiger partial charge in [-0.05, 0) is 93.8 Å². The minimum atomic E-state index is -0.442. The van der Waals surface area contributed by atoms with Crippen molar-refractivity contribution in [3.05, 3.63) is 58.9 Å². The number of piperidine rings is 1. The number of amides is 1. The van der Waals surface area contributed by atoms with E-state index in [4.69, 9.17) is 10.00 Å². The van der Waals surface area contributed by atoms with Gasteiger partial charge in [0.1, 0.15) is 11.8 Å². The summed E-state index contributed by atoms with van der Waals surface area (Å²) in [7, 11) is 0. The van der Waals surface area contributed by atoms with E-state index >= 15 is 0 Å². The molecule has 0 unspecified atom stereocenters. The number of aromatic nitrogens is 1. The first-order chi connectivity index (χ1) is 17.2. The molecule has 6 nitrogen and oxygen atoms in total. The molecule has 0 radical (unpaired) electrons. The first-order valence-electron chi connectivity index (χ1n) is 13.3. The van der Waals surface area contributed by atoms with Gasteiger partial charge in [0.25, 0.3) is 5.91 Å². The number of hydrogen-bond donors (Lipinski definition) is 2. The molecule has 2 N–H and O–H groups in total. The fraction of sp³-hybridized carbons (Fsp3) is 0.533. The number of anilines is 1. The van der Waals surface area contributed by atoms with Gasteiger partial charge < -0.3 is 19.9 Å². The highest BCUT2D eigenvalue weighted by molar-refractivity contribution is 6.04. The van der Waals surface area contributed by atoms with Gasteiger partial charge in [-0.25, -0.2) is 0 Å². The molecular formula is C30H40N4O2. The fourth-order valence-corrected chi connectivity index (χ4v) is 5.09. The van der Waals surface area contributed by atoms with E-state index in [0.717, 1.165) is 42.6 Å². The zero-order chi connectivity index (χ0) is 25.8. The lowest BCUT2D eigenvalue weighted by molar-refractivity contribution is -0.0319. The van der Waals surface area contributed by atoms with Crippen LogP contribution in [0.2, 0.25) is 0 Å². The maximum absolute atomic E-state index is 13.0. The van der Waals surface area contributed by atoms with Crippen LogP contribution in [-0.4, -0.2) is 42.0 Å². The molecule has 6 heteroatoms. The Bertz CT molecular complexity index is 1150. The lowest BCUT2D eigenvalue weighted by atomic mass is 9.76. The summed E-state index contributed by atoms with van der Waals surface area (Å²) in [4.78, 5) is 18.4. The molecule has 1 aromatic heterocycles. The number of nitrogens with one attached hydrogen (secondary N) is 2. The number of hydrogen-bond acceptors (Lipinski definition) is 4. The number of allylic oxidation sites excluding steroid dienone is 2. The van der Waals surface area contributed by atoms with E-state index in [-0.39, 0.29) is 5.91 Å². The summed E-state index contributed by atoms with van der Waals surface area (Å²) in [5, 5.41) is 12.2. The van der Waals surface area contributed by atoms with Crippen LogP contribution in [0.4, 0.5) is 5.69 Å². The van der Waals surface area contributed by atoms with Crippen molar-refractivity contribution in [1.82, 2.24) is 9.88 Å². The van der Waals surface area contributed by atoms with E-state index in [2.05, 4.69) is 67.2 Å². The Morgan fingerprint density at radius 3 is 2.67 bits per heavy atom. The molecule has 0 bridgehead atoms. The molecule has 36 heavy (non-hydrogen) atoms. The van der Waals surface area contributed by atoms with Gasteiger partial charge in [-0.3, -0.25) is 4.79 Å². The molecule has 1 aromatic carbocycles. The largest absolute Gasteiger partial charge is 0.370 e. The topological polar surface area (TPSA) is 81.2 Å².